The van der Waals surface area contributed by atoms with E-state index < -0.39 is 0 Å². The molecule has 0 saturated heterocycles. The van der Waals surface area contributed by atoms with Crippen molar-refractivity contribution in [3.8, 4) is 5.75 Å². The Labute approximate surface area is 158 Å². The van der Waals surface area contributed by atoms with Gasteiger partial charge in [0.05, 0.1) is 6.54 Å². The van der Waals surface area contributed by atoms with Crippen LogP contribution in [0.4, 0.5) is 0 Å². The van der Waals surface area contributed by atoms with E-state index in [9.17, 15) is 4.79 Å². The molecule has 0 aliphatic rings. The van der Waals surface area contributed by atoms with E-state index in [-0.39, 0.29) is 12.0 Å². The number of rotatable bonds is 11. The fourth-order valence-electron chi connectivity index (χ4n) is 2.50. The number of carbonyl (C=O) groups excluding carboxylic acids is 1. The SMILES string of the molecule is CCNC(=NCC(CC)Oc1ccccc1)NCCC(=O)N(CC)CC. The summed E-state index contributed by atoms with van der Waals surface area (Å²) in [6, 6.07) is 9.80. The van der Waals surface area contributed by atoms with Gasteiger partial charge in [-0.05, 0) is 39.3 Å². The number of para-hydroxylation sites is 1. The number of ether oxygens (including phenoxy) is 1. The molecule has 2 N–H and O–H groups in total. The maximum atomic E-state index is 12.1. The van der Waals surface area contributed by atoms with E-state index in [1.165, 1.54) is 0 Å². The Kier molecular flexibility index (Phi) is 10.9. The molecule has 1 aromatic carbocycles. The van der Waals surface area contributed by atoms with E-state index in [0.29, 0.717) is 19.5 Å². The predicted molar refractivity (Wildman–Crippen MR) is 108 cm³/mol. The van der Waals surface area contributed by atoms with Gasteiger partial charge in [-0.15, -0.1) is 0 Å². The highest BCUT2D eigenvalue weighted by molar-refractivity contribution is 5.81. The molecule has 0 heterocycles. The number of nitrogens with one attached hydrogen (secondary N) is 2. The van der Waals surface area contributed by atoms with Crippen LogP contribution in [0.1, 0.15) is 40.5 Å². The minimum Gasteiger partial charge on any atom is -0.489 e. The van der Waals surface area contributed by atoms with E-state index in [0.717, 1.165) is 37.8 Å². The zero-order valence-electron chi connectivity index (χ0n) is 16.6. The number of hydrogen-bond acceptors (Lipinski definition) is 3. The number of hydrogen-bond donors (Lipinski definition) is 2. The molecular formula is C20H34N4O2. The first kappa shape index (κ1) is 21.8. The third-order valence-corrected chi connectivity index (χ3v) is 4.05. The molecule has 1 rings (SSSR count). The lowest BCUT2D eigenvalue weighted by atomic mass is 10.2. The first-order valence-corrected chi connectivity index (χ1v) is 9.66. The van der Waals surface area contributed by atoms with Crippen LogP contribution in [0.25, 0.3) is 0 Å². The van der Waals surface area contributed by atoms with Crippen LogP contribution in [0.3, 0.4) is 0 Å². The van der Waals surface area contributed by atoms with Crippen LogP contribution < -0.4 is 15.4 Å². The van der Waals surface area contributed by atoms with Gasteiger partial charge in [0, 0.05) is 32.6 Å². The lowest BCUT2D eigenvalue weighted by molar-refractivity contribution is -0.130. The summed E-state index contributed by atoms with van der Waals surface area (Å²) in [4.78, 5) is 18.5. The van der Waals surface area contributed by atoms with Crippen LogP contribution in [-0.2, 0) is 4.79 Å². The van der Waals surface area contributed by atoms with Crippen molar-refractivity contribution in [1.29, 1.82) is 0 Å². The highest BCUT2D eigenvalue weighted by Gasteiger charge is 2.10. The summed E-state index contributed by atoms with van der Waals surface area (Å²) in [5.74, 6) is 1.74. The summed E-state index contributed by atoms with van der Waals surface area (Å²) in [6.07, 6.45) is 1.35. The molecule has 1 aromatic rings. The summed E-state index contributed by atoms with van der Waals surface area (Å²) < 4.78 is 5.97. The van der Waals surface area contributed by atoms with Crippen LogP contribution in [0.5, 0.6) is 5.75 Å². The Morgan fingerprint density at radius 3 is 2.38 bits per heavy atom. The lowest BCUT2D eigenvalue weighted by Gasteiger charge is -2.19. The van der Waals surface area contributed by atoms with Gasteiger partial charge in [0.2, 0.25) is 5.91 Å². The number of guanidine groups is 1. The van der Waals surface area contributed by atoms with Crippen molar-refractivity contribution in [3.63, 3.8) is 0 Å². The summed E-state index contributed by atoms with van der Waals surface area (Å²) in [6.45, 7) is 11.5. The summed E-state index contributed by atoms with van der Waals surface area (Å²) in [5, 5.41) is 6.45. The Balaban J connectivity index is 2.51. The van der Waals surface area contributed by atoms with E-state index in [1.807, 2.05) is 56.0 Å². The van der Waals surface area contributed by atoms with Crippen LogP contribution in [-0.4, -0.2) is 55.6 Å². The van der Waals surface area contributed by atoms with Gasteiger partial charge in [-0.3, -0.25) is 4.79 Å². The molecule has 146 valence electrons. The van der Waals surface area contributed by atoms with Gasteiger partial charge in [-0.25, -0.2) is 4.99 Å². The van der Waals surface area contributed by atoms with Gasteiger partial charge in [0.15, 0.2) is 5.96 Å². The average molecular weight is 363 g/mol. The highest BCUT2D eigenvalue weighted by atomic mass is 16.5. The summed E-state index contributed by atoms with van der Waals surface area (Å²) in [7, 11) is 0. The second kappa shape index (κ2) is 13.0. The molecule has 0 bridgehead atoms. The molecular weight excluding hydrogens is 328 g/mol. The Bertz CT molecular complexity index is 530. The smallest absolute Gasteiger partial charge is 0.224 e. The molecule has 1 unspecified atom stereocenters. The molecule has 0 fully saturated rings. The fourth-order valence-corrected chi connectivity index (χ4v) is 2.50. The molecule has 0 saturated carbocycles. The van der Waals surface area contributed by atoms with E-state index in [1.54, 1.807) is 0 Å². The highest BCUT2D eigenvalue weighted by Crippen LogP contribution is 2.12. The third kappa shape index (κ3) is 8.23. The second-order valence-electron chi connectivity index (χ2n) is 5.92. The van der Waals surface area contributed by atoms with Crippen LogP contribution in [0.15, 0.2) is 35.3 Å². The van der Waals surface area contributed by atoms with Crippen LogP contribution in [0, 0.1) is 0 Å². The average Bonchev–Trinajstić information content (AvgIpc) is 2.66. The van der Waals surface area contributed by atoms with Gasteiger partial charge in [-0.2, -0.15) is 0 Å². The Morgan fingerprint density at radius 1 is 1.12 bits per heavy atom. The maximum Gasteiger partial charge on any atom is 0.224 e. The molecule has 0 aromatic heterocycles. The van der Waals surface area contributed by atoms with E-state index in [2.05, 4.69) is 22.5 Å². The number of benzene rings is 1. The Hall–Kier alpha value is -2.24. The predicted octanol–water partition coefficient (Wildman–Crippen LogP) is 2.66. The first-order chi connectivity index (χ1) is 12.6. The largest absolute Gasteiger partial charge is 0.489 e. The molecule has 1 amide bonds. The molecule has 0 aliphatic heterocycles. The quantitative estimate of drug-likeness (QED) is 0.469. The molecule has 0 aliphatic carbocycles. The van der Waals surface area contributed by atoms with Crippen molar-refractivity contribution in [1.82, 2.24) is 15.5 Å². The summed E-state index contributed by atoms with van der Waals surface area (Å²) in [5.41, 5.74) is 0. The van der Waals surface area contributed by atoms with Gasteiger partial charge < -0.3 is 20.3 Å². The molecule has 0 spiro atoms. The standard InChI is InChI=1S/C20H34N4O2/c1-5-17(26-18-12-10-9-11-13-18)16-23-20(21-6-2)22-15-14-19(25)24(7-3)8-4/h9-13,17H,5-8,14-16H2,1-4H3,(H2,21,22,23). The summed E-state index contributed by atoms with van der Waals surface area (Å²) >= 11 is 0. The number of aliphatic imine (C=N–C) groups is 1. The van der Waals surface area contributed by atoms with Crippen molar-refractivity contribution in [2.45, 2.75) is 46.6 Å². The number of carbonyl (C=O) groups is 1. The van der Waals surface area contributed by atoms with Gasteiger partial charge >= 0.3 is 0 Å². The van der Waals surface area contributed by atoms with Crippen LogP contribution in [0.2, 0.25) is 0 Å². The fraction of sp³-hybridized carbons (Fsp3) is 0.600. The van der Waals surface area contributed by atoms with Gasteiger partial charge in [0.25, 0.3) is 0 Å². The van der Waals surface area contributed by atoms with E-state index in [4.69, 9.17) is 4.74 Å². The molecule has 6 heteroatoms. The van der Waals surface area contributed by atoms with Crippen molar-refractivity contribution >= 4 is 11.9 Å². The van der Waals surface area contributed by atoms with Crippen molar-refractivity contribution in [2.24, 2.45) is 4.99 Å². The lowest BCUT2D eigenvalue weighted by Crippen LogP contribution is -2.40. The monoisotopic (exact) mass is 362 g/mol. The van der Waals surface area contributed by atoms with Crippen molar-refractivity contribution in [2.75, 3.05) is 32.7 Å². The Morgan fingerprint density at radius 2 is 1.81 bits per heavy atom. The molecule has 1 atom stereocenters. The minimum atomic E-state index is 0.0187. The molecule has 26 heavy (non-hydrogen) atoms. The van der Waals surface area contributed by atoms with E-state index >= 15 is 0 Å². The van der Waals surface area contributed by atoms with Gasteiger partial charge in [-0.1, -0.05) is 25.1 Å². The second-order valence-corrected chi connectivity index (χ2v) is 5.92. The van der Waals surface area contributed by atoms with Gasteiger partial charge in [0.1, 0.15) is 11.9 Å². The van der Waals surface area contributed by atoms with Crippen molar-refractivity contribution in [3.05, 3.63) is 30.3 Å². The number of amides is 1. The molecule has 0 radical (unpaired) electrons. The topological polar surface area (TPSA) is 66.0 Å². The first-order valence-electron chi connectivity index (χ1n) is 9.66. The minimum absolute atomic E-state index is 0.0187. The van der Waals surface area contributed by atoms with Crippen LogP contribution >= 0.6 is 0 Å². The maximum absolute atomic E-state index is 12.1. The zero-order valence-corrected chi connectivity index (χ0v) is 16.6. The zero-order chi connectivity index (χ0) is 19.2. The van der Waals surface area contributed by atoms with Crippen molar-refractivity contribution < 1.29 is 9.53 Å². The number of nitrogens with zero attached hydrogens (tertiary/aromatic N) is 2. The third-order valence-electron chi connectivity index (χ3n) is 4.05. The normalized spacial score (nSPS) is 12.4. The molecule has 6 nitrogen and oxygen atoms in total.